The molecule has 0 spiro atoms. The lowest BCUT2D eigenvalue weighted by molar-refractivity contribution is 0.358. The summed E-state index contributed by atoms with van der Waals surface area (Å²) >= 11 is 0. The van der Waals surface area contributed by atoms with Crippen LogP contribution in [-0.4, -0.2) is 16.7 Å². The minimum atomic E-state index is -0.591. The van der Waals surface area contributed by atoms with Gasteiger partial charge in [0, 0.05) is 17.9 Å². The van der Waals surface area contributed by atoms with E-state index in [4.69, 9.17) is 16.0 Å². The summed E-state index contributed by atoms with van der Waals surface area (Å²) in [5.74, 6) is 1.11. The topological polar surface area (TPSA) is 94.2 Å². The molecule has 0 unspecified atom stereocenters. The van der Waals surface area contributed by atoms with Gasteiger partial charge in [-0.1, -0.05) is 11.2 Å². The summed E-state index contributed by atoms with van der Waals surface area (Å²) in [4.78, 5) is 6.63. The van der Waals surface area contributed by atoms with Crippen LogP contribution < -0.4 is 16.4 Å². The average Bonchev–Trinajstić information content (AvgIpc) is 2.89. The van der Waals surface area contributed by atoms with Crippen LogP contribution in [0.5, 0.6) is 0 Å². The Kier molecular flexibility index (Phi) is 6.27. The van der Waals surface area contributed by atoms with Crippen LogP contribution >= 0.6 is 24.8 Å². The first kappa shape index (κ1) is 19.5. The third kappa shape index (κ3) is 4.07. The second-order valence-electron chi connectivity index (χ2n) is 6.10. The van der Waals surface area contributed by atoms with Crippen LogP contribution in [0.25, 0.3) is 0 Å². The molecule has 1 aromatic carbocycles. The Balaban J connectivity index is 0.00000132. The summed E-state index contributed by atoms with van der Waals surface area (Å²) in [6, 6.07) is 6.02. The number of nitrogen functional groups attached to an aromatic ring is 1. The fourth-order valence-corrected chi connectivity index (χ4v) is 2.64. The van der Waals surface area contributed by atoms with E-state index >= 15 is 0 Å². The molecule has 2 aromatic rings. The molecular formula is C15H23Cl2N5O. The number of rotatable bonds is 3. The van der Waals surface area contributed by atoms with Crippen molar-refractivity contribution in [2.75, 3.05) is 17.2 Å². The Morgan fingerprint density at radius 1 is 1.30 bits per heavy atom. The first-order valence-corrected chi connectivity index (χ1v) is 7.19. The molecule has 0 amide bonds. The summed E-state index contributed by atoms with van der Waals surface area (Å²) in [7, 11) is 0. The molecule has 0 saturated carbocycles. The van der Waals surface area contributed by atoms with E-state index in [0.29, 0.717) is 18.3 Å². The summed E-state index contributed by atoms with van der Waals surface area (Å²) in [5, 5.41) is 3.96. The molecule has 0 aliphatic carbocycles. The van der Waals surface area contributed by atoms with Gasteiger partial charge in [-0.25, -0.2) is 0 Å². The molecule has 23 heavy (non-hydrogen) atoms. The fraction of sp³-hybridized carbons (Fsp3) is 0.467. The van der Waals surface area contributed by atoms with Crippen molar-refractivity contribution in [1.29, 1.82) is 0 Å². The van der Waals surface area contributed by atoms with Gasteiger partial charge < -0.3 is 20.9 Å². The van der Waals surface area contributed by atoms with Crippen LogP contribution in [0.15, 0.2) is 22.7 Å². The molecule has 1 aromatic heterocycles. The van der Waals surface area contributed by atoms with Crippen molar-refractivity contribution in [2.45, 2.75) is 38.8 Å². The van der Waals surface area contributed by atoms with Crippen molar-refractivity contribution >= 4 is 36.2 Å². The van der Waals surface area contributed by atoms with Crippen molar-refractivity contribution in [1.82, 2.24) is 10.1 Å². The predicted octanol–water partition coefficient (Wildman–Crippen LogP) is 2.64. The molecule has 0 bridgehead atoms. The van der Waals surface area contributed by atoms with Crippen molar-refractivity contribution in [3.63, 3.8) is 0 Å². The zero-order chi connectivity index (χ0) is 15.0. The highest BCUT2D eigenvalue weighted by atomic mass is 35.5. The molecule has 0 fully saturated rings. The fourth-order valence-electron chi connectivity index (χ4n) is 2.64. The molecule has 0 saturated heterocycles. The van der Waals surface area contributed by atoms with Gasteiger partial charge in [0.15, 0.2) is 5.82 Å². The molecular weight excluding hydrogens is 337 g/mol. The summed E-state index contributed by atoms with van der Waals surface area (Å²) in [5.41, 5.74) is 14.7. The standard InChI is InChI=1S/C15H21N5O.2ClH/c1-15(2,17)14-18-13(21-19-14)9-20-8-4-5-10-11(16)6-3-7-12(10)20;;/h3,6-7H,4-5,8-9,16-17H2,1-2H3;2*1H. The maximum absolute atomic E-state index is 6.06. The van der Waals surface area contributed by atoms with Crippen LogP contribution in [0.3, 0.4) is 0 Å². The molecule has 4 N–H and O–H groups in total. The van der Waals surface area contributed by atoms with Gasteiger partial charge in [0.05, 0.1) is 12.1 Å². The van der Waals surface area contributed by atoms with E-state index in [9.17, 15) is 0 Å². The van der Waals surface area contributed by atoms with Gasteiger partial charge in [0.1, 0.15) is 0 Å². The molecule has 1 aliphatic heterocycles. The number of halogens is 2. The van der Waals surface area contributed by atoms with Crippen LogP contribution in [-0.2, 0) is 18.5 Å². The van der Waals surface area contributed by atoms with Gasteiger partial charge in [-0.3, -0.25) is 0 Å². The van der Waals surface area contributed by atoms with E-state index in [1.807, 2.05) is 26.0 Å². The van der Waals surface area contributed by atoms with E-state index in [1.165, 1.54) is 5.56 Å². The summed E-state index contributed by atoms with van der Waals surface area (Å²) < 4.78 is 5.33. The smallest absolute Gasteiger partial charge is 0.246 e. The Labute approximate surface area is 148 Å². The first-order valence-electron chi connectivity index (χ1n) is 7.19. The summed E-state index contributed by atoms with van der Waals surface area (Å²) in [6.45, 7) is 5.26. The van der Waals surface area contributed by atoms with E-state index in [1.54, 1.807) is 0 Å². The van der Waals surface area contributed by atoms with Gasteiger partial charge in [-0.05, 0) is 44.4 Å². The maximum Gasteiger partial charge on any atom is 0.246 e. The number of benzene rings is 1. The number of hydrogen-bond acceptors (Lipinski definition) is 6. The molecule has 8 heteroatoms. The second-order valence-corrected chi connectivity index (χ2v) is 6.10. The monoisotopic (exact) mass is 359 g/mol. The molecule has 6 nitrogen and oxygen atoms in total. The number of anilines is 2. The largest absolute Gasteiger partial charge is 0.398 e. The van der Waals surface area contributed by atoms with Gasteiger partial charge in [0.2, 0.25) is 5.89 Å². The molecule has 2 heterocycles. The Bertz CT molecular complexity index is 654. The van der Waals surface area contributed by atoms with Gasteiger partial charge in [0.25, 0.3) is 0 Å². The van der Waals surface area contributed by atoms with Crippen molar-refractivity contribution in [3.8, 4) is 0 Å². The molecule has 128 valence electrons. The van der Waals surface area contributed by atoms with Crippen LogP contribution in [0.4, 0.5) is 11.4 Å². The highest BCUT2D eigenvalue weighted by Gasteiger charge is 2.24. The Morgan fingerprint density at radius 2 is 2.04 bits per heavy atom. The number of aromatic nitrogens is 2. The zero-order valence-electron chi connectivity index (χ0n) is 13.3. The van der Waals surface area contributed by atoms with E-state index < -0.39 is 5.54 Å². The van der Waals surface area contributed by atoms with Gasteiger partial charge in [-0.2, -0.15) is 4.98 Å². The highest BCUT2D eigenvalue weighted by Crippen LogP contribution is 2.32. The lowest BCUT2D eigenvalue weighted by atomic mass is 10.00. The third-order valence-corrected chi connectivity index (χ3v) is 3.75. The number of fused-ring (bicyclic) bond motifs is 1. The Morgan fingerprint density at radius 3 is 2.70 bits per heavy atom. The second kappa shape index (κ2) is 7.38. The third-order valence-electron chi connectivity index (χ3n) is 3.75. The minimum Gasteiger partial charge on any atom is -0.398 e. The van der Waals surface area contributed by atoms with E-state index in [-0.39, 0.29) is 24.8 Å². The minimum absolute atomic E-state index is 0. The first-order chi connectivity index (χ1) is 9.95. The SMILES string of the molecule is CC(C)(N)c1noc(CN2CCCc3c(N)cccc32)n1.Cl.Cl. The van der Waals surface area contributed by atoms with Crippen molar-refractivity contribution < 1.29 is 4.52 Å². The predicted molar refractivity (Wildman–Crippen MR) is 96.2 cm³/mol. The lowest BCUT2D eigenvalue weighted by Crippen LogP contribution is -2.31. The number of nitrogens with two attached hydrogens (primary N) is 2. The van der Waals surface area contributed by atoms with Gasteiger partial charge >= 0.3 is 0 Å². The molecule has 0 radical (unpaired) electrons. The van der Waals surface area contributed by atoms with E-state index in [0.717, 1.165) is 30.8 Å². The van der Waals surface area contributed by atoms with Crippen LogP contribution in [0.1, 0.15) is 37.5 Å². The maximum atomic E-state index is 6.06. The van der Waals surface area contributed by atoms with Crippen molar-refractivity contribution in [2.24, 2.45) is 5.73 Å². The quantitative estimate of drug-likeness (QED) is 0.818. The van der Waals surface area contributed by atoms with Crippen LogP contribution in [0, 0.1) is 0 Å². The normalized spacial score (nSPS) is 13.8. The van der Waals surface area contributed by atoms with Gasteiger partial charge in [-0.15, -0.1) is 24.8 Å². The zero-order valence-corrected chi connectivity index (χ0v) is 14.9. The lowest BCUT2D eigenvalue weighted by Gasteiger charge is -2.30. The Hall–Kier alpha value is -1.50. The van der Waals surface area contributed by atoms with Crippen molar-refractivity contribution in [3.05, 3.63) is 35.5 Å². The molecule has 0 atom stereocenters. The van der Waals surface area contributed by atoms with Crippen LogP contribution in [0.2, 0.25) is 0 Å². The van der Waals surface area contributed by atoms with E-state index in [2.05, 4.69) is 21.1 Å². The highest BCUT2D eigenvalue weighted by molar-refractivity contribution is 5.85. The number of hydrogen-bond donors (Lipinski definition) is 2. The number of nitrogens with zero attached hydrogens (tertiary/aromatic N) is 3. The molecule has 3 rings (SSSR count). The average molecular weight is 360 g/mol. The molecule has 1 aliphatic rings. The summed E-state index contributed by atoms with van der Waals surface area (Å²) in [6.07, 6.45) is 2.09.